The van der Waals surface area contributed by atoms with E-state index in [1.54, 1.807) is 6.92 Å². The van der Waals surface area contributed by atoms with Gasteiger partial charge in [-0.2, -0.15) is 0 Å². The third-order valence-corrected chi connectivity index (χ3v) is 4.02. The number of rotatable bonds is 11. The number of carbonyl (C=O) groups excluding carboxylic acids is 3. The molecular formula is C16H26N6O5. The van der Waals surface area contributed by atoms with Crippen molar-refractivity contribution in [3.8, 4) is 0 Å². The van der Waals surface area contributed by atoms with E-state index in [1.807, 2.05) is 6.92 Å². The van der Waals surface area contributed by atoms with E-state index in [-0.39, 0.29) is 18.9 Å². The molecule has 7 N–H and O–H groups in total. The molecule has 0 saturated carbocycles. The third-order valence-electron chi connectivity index (χ3n) is 4.02. The average molecular weight is 382 g/mol. The fourth-order valence-corrected chi connectivity index (χ4v) is 2.31. The molecule has 0 saturated heterocycles. The second-order valence-corrected chi connectivity index (χ2v) is 6.09. The highest BCUT2D eigenvalue weighted by atomic mass is 16.4. The molecule has 0 aliphatic heterocycles. The minimum absolute atomic E-state index is 0.127. The number of carbonyl (C=O) groups is 4. The highest BCUT2D eigenvalue weighted by Crippen LogP contribution is 2.09. The van der Waals surface area contributed by atoms with Gasteiger partial charge in [-0.25, -0.2) is 4.98 Å². The van der Waals surface area contributed by atoms with Gasteiger partial charge in [0.2, 0.25) is 17.7 Å². The largest absolute Gasteiger partial charge is 0.480 e. The predicted molar refractivity (Wildman–Crippen MR) is 95.3 cm³/mol. The molecule has 3 unspecified atom stereocenters. The minimum Gasteiger partial charge on any atom is -0.480 e. The van der Waals surface area contributed by atoms with Gasteiger partial charge in [0.25, 0.3) is 0 Å². The number of aromatic nitrogens is 2. The molecule has 0 radical (unpaired) electrons. The smallest absolute Gasteiger partial charge is 0.322 e. The van der Waals surface area contributed by atoms with E-state index in [0.717, 1.165) is 0 Å². The number of aliphatic carboxylic acids is 1. The van der Waals surface area contributed by atoms with Gasteiger partial charge in [0.05, 0.1) is 12.9 Å². The van der Waals surface area contributed by atoms with Crippen LogP contribution in [0.25, 0.3) is 0 Å². The molecule has 3 atom stereocenters. The lowest BCUT2D eigenvalue weighted by atomic mass is 9.97. The molecule has 0 aromatic carbocycles. The first-order chi connectivity index (χ1) is 12.8. The van der Waals surface area contributed by atoms with Gasteiger partial charge in [-0.05, 0) is 5.92 Å². The lowest BCUT2D eigenvalue weighted by Gasteiger charge is -2.26. The number of nitrogens with one attached hydrogen (secondary N) is 4. The molecule has 27 heavy (non-hydrogen) atoms. The number of H-pyrrole nitrogens is 1. The molecule has 0 bridgehead atoms. The van der Waals surface area contributed by atoms with Crippen molar-refractivity contribution in [3.63, 3.8) is 0 Å². The predicted octanol–water partition coefficient (Wildman–Crippen LogP) is -1.87. The molecular weight excluding hydrogens is 356 g/mol. The van der Waals surface area contributed by atoms with Crippen LogP contribution in [-0.4, -0.2) is 63.9 Å². The molecule has 11 heteroatoms. The first-order valence-corrected chi connectivity index (χ1v) is 8.55. The summed E-state index contributed by atoms with van der Waals surface area (Å²) in [6.45, 7) is 2.75. The van der Waals surface area contributed by atoms with Gasteiger partial charge in [0.1, 0.15) is 18.6 Å². The normalized spacial score (nSPS) is 13.9. The van der Waals surface area contributed by atoms with Crippen LogP contribution in [0.15, 0.2) is 12.5 Å². The zero-order chi connectivity index (χ0) is 20.4. The van der Waals surface area contributed by atoms with Gasteiger partial charge < -0.3 is 31.8 Å². The Balaban J connectivity index is 2.89. The van der Waals surface area contributed by atoms with E-state index in [9.17, 15) is 19.2 Å². The highest BCUT2D eigenvalue weighted by Gasteiger charge is 2.30. The van der Waals surface area contributed by atoms with Gasteiger partial charge in [-0.3, -0.25) is 19.2 Å². The maximum atomic E-state index is 12.7. The van der Waals surface area contributed by atoms with Gasteiger partial charge in [-0.1, -0.05) is 20.3 Å². The van der Waals surface area contributed by atoms with Crippen LogP contribution < -0.4 is 21.7 Å². The number of hydrogen-bond acceptors (Lipinski definition) is 6. The lowest BCUT2D eigenvalue weighted by molar-refractivity contribution is -0.139. The molecule has 1 aromatic heterocycles. The maximum Gasteiger partial charge on any atom is 0.322 e. The molecule has 150 valence electrons. The Morgan fingerprint density at radius 3 is 2.48 bits per heavy atom. The minimum atomic E-state index is -1.19. The standard InChI is InChI=1S/C16H26N6O5/c1-3-9(2)14(16(27)19-7-13(24)25)22-15(26)11(21-12(23)5-17)4-10-6-18-8-20-10/h6,8-9,11,14H,3-5,7,17H2,1-2H3,(H,18,20)(H,19,27)(H,21,23)(H,22,26)(H,24,25). The zero-order valence-corrected chi connectivity index (χ0v) is 15.3. The van der Waals surface area contributed by atoms with Crippen LogP contribution in [0.2, 0.25) is 0 Å². The molecule has 3 amide bonds. The fraction of sp³-hybridized carbons (Fsp3) is 0.562. The Morgan fingerprint density at radius 1 is 1.26 bits per heavy atom. The SMILES string of the molecule is CCC(C)C(NC(=O)C(Cc1cnc[nH]1)NC(=O)CN)C(=O)NCC(=O)O. The Bertz CT molecular complexity index is 648. The van der Waals surface area contributed by atoms with Crippen LogP contribution in [-0.2, 0) is 25.6 Å². The molecule has 0 spiro atoms. The van der Waals surface area contributed by atoms with Crippen LogP contribution in [0.5, 0.6) is 0 Å². The number of aromatic amines is 1. The van der Waals surface area contributed by atoms with Crippen LogP contribution >= 0.6 is 0 Å². The number of imidazole rings is 1. The summed E-state index contributed by atoms with van der Waals surface area (Å²) < 4.78 is 0. The van der Waals surface area contributed by atoms with E-state index in [1.165, 1.54) is 12.5 Å². The van der Waals surface area contributed by atoms with Crippen LogP contribution in [0.3, 0.4) is 0 Å². The van der Waals surface area contributed by atoms with Crippen molar-refractivity contribution in [2.24, 2.45) is 11.7 Å². The number of nitrogens with two attached hydrogens (primary N) is 1. The van der Waals surface area contributed by atoms with Gasteiger partial charge >= 0.3 is 5.97 Å². The summed E-state index contributed by atoms with van der Waals surface area (Å²) in [5, 5.41) is 16.1. The Hall–Kier alpha value is -2.95. The molecule has 1 heterocycles. The van der Waals surface area contributed by atoms with Crippen LogP contribution in [0.1, 0.15) is 26.0 Å². The summed E-state index contributed by atoms with van der Waals surface area (Å²) >= 11 is 0. The van der Waals surface area contributed by atoms with Crippen LogP contribution in [0.4, 0.5) is 0 Å². The molecule has 0 aliphatic carbocycles. The molecule has 0 fully saturated rings. The Labute approximate surface area is 156 Å². The molecule has 0 aliphatic rings. The van der Waals surface area contributed by atoms with Crippen molar-refractivity contribution in [2.45, 2.75) is 38.8 Å². The summed E-state index contributed by atoms with van der Waals surface area (Å²) in [6.07, 6.45) is 3.66. The topological polar surface area (TPSA) is 179 Å². The van der Waals surface area contributed by atoms with Crippen molar-refractivity contribution < 1.29 is 24.3 Å². The number of hydrogen-bond donors (Lipinski definition) is 6. The third kappa shape index (κ3) is 7.44. The first-order valence-electron chi connectivity index (χ1n) is 8.55. The first kappa shape index (κ1) is 22.1. The van der Waals surface area contributed by atoms with E-state index in [0.29, 0.717) is 12.1 Å². The van der Waals surface area contributed by atoms with Crippen LogP contribution in [0, 0.1) is 5.92 Å². The molecule has 1 rings (SSSR count). The van der Waals surface area contributed by atoms with Gasteiger partial charge in [-0.15, -0.1) is 0 Å². The van der Waals surface area contributed by atoms with Gasteiger partial charge in [0, 0.05) is 18.3 Å². The van der Waals surface area contributed by atoms with Crippen molar-refractivity contribution in [2.75, 3.05) is 13.1 Å². The summed E-state index contributed by atoms with van der Waals surface area (Å²) in [5.41, 5.74) is 5.91. The van der Waals surface area contributed by atoms with E-state index in [2.05, 4.69) is 25.9 Å². The number of carboxylic acids is 1. The lowest BCUT2D eigenvalue weighted by Crippen LogP contribution is -2.57. The van der Waals surface area contributed by atoms with E-state index in [4.69, 9.17) is 10.8 Å². The van der Waals surface area contributed by atoms with E-state index >= 15 is 0 Å². The van der Waals surface area contributed by atoms with E-state index < -0.39 is 42.3 Å². The molecule has 11 nitrogen and oxygen atoms in total. The summed E-state index contributed by atoms with van der Waals surface area (Å²) in [7, 11) is 0. The zero-order valence-electron chi connectivity index (χ0n) is 15.3. The van der Waals surface area contributed by atoms with Crippen molar-refractivity contribution in [1.82, 2.24) is 25.9 Å². The summed E-state index contributed by atoms with van der Waals surface area (Å²) in [4.78, 5) is 54.0. The fourth-order valence-electron chi connectivity index (χ4n) is 2.31. The highest BCUT2D eigenvalue weighted by molar-refractivity contribution is 5.93. The number of carboxylic acid groups (broad SMARTS) is 1. The van der Waals surface area contributed by atoms with Crippen molar-refractivity contribution in [1.29, 1.82) is 0 Å². The Kier molecular flexibility index (Phi) is 8.93. The summed E-state index contributed by atoms with van der Waals surface area (Å²) in [5.74, 6) is -3.15. The maximum absolute atomic E-state index is 12.7. The average Bonchev–Trinajstić information content (AvgIpc) is 3.15. The number of nitrogens with zero attached hydrogens (tertiary/aromatic N) is 1. The Morgan fingerprint density at radius 2 is 1.96 bits per heavy atom. The second-order valence-electron chi connectivity index (χ2n) is 6.09. The summed E-state index contributed by atoms with van der Waals surface area (Å²) in [6, 6.07) is -1.92. The molecule has 1 aromatic rings. The quantitative estimate of drug-likeness (QED) is 0.259. The number of amides is 3. The monoisotopic (exact) mass is 382 g/mol. The van der Waals surface area contributed by atoms with Crippen molar-refractivity contribution >= 4 is 23.7 Å². The second kappa shape index (κ2) is 10.9. The van der Waals surface area contributed by atoms with Crippen molar-refractivity contribution in [3.05, 3.63) is 18.2 Å². The van der Waals surface area contributed by atoms with Gasteiger partial charge in [0.15, 0.2) is 0 Å².